The Labute approximate surface area is 149 Å². The lowest BCUT2D eigenvalue weighted by molar-refractivity contribution is -0.0248. The molecule has 2 aliphatic heterocycles. The van der Waals surface area contributed by atoms with Gasteiger partial charge in [0.05, 0.1) is 24.6 Å². The molecule has 0 saturated carbocycles. The zero-order valence-corrected chi connectivity index (χ0v) is 15.1. The average molecular weight is 341 g/mol. The SMILES string of the molecule is CO[C@@H]1CCN(Cc2cccc(C)n2)[C@@H]2CN(Cc3ccco3)C[C@@H]21. The summed E-state index contributed by atoms with van der Waals surface area (Å²) in [5.74, 6) is 1.60. The number of hydrogen-bond donors (Lipinski definition) is 0. The van der Waals surface area contributed by atoms with Gasteiger partial charge >= 0.3 is 0 Å². The van der Waals surface area contributed by atoms with E-state index in [0.717, 1.165) is 50.6 Å². The van der Waals surface area contributed by atoms with Crippen molar-refractivity contribution in [2.75, 3.05) is 26.7 Å². The highest BCUT2D eigenvalue weighted by molar-refractivity contribution is 5.11. The van der Waals surface area contributed by atoms with Gasteiger partial charge in [-0.2, -0.15) is 0 Å². The molecule has 3 atom stereocenters. The average Bonchev–Trinajstić information content (AvgIpc) is 3.25. The Hall–Kier alpha value is -1.69. The maximum atomic E-state index is 5.81. The number of furan rings is 1. The largest absolute Gasteiger partial charge is 0.468 e. The number of methoxy groups -OCH3 is 1. The molecule has 0 aliphatic carbocycles. The molecule has 2 aromatic heterocycles. The first-order valence-electron chi connectivity index (χ1n) is 9.17. The van der Waals surface area contributed by atoms with Gasteiger partial charge < -0.3 is 9.15 Å². The van der Waals surface area contributed by atoms with Crippen LogP contribution in [0.1, 0.15) is 23.6 Å². The Balaban J connectivity index is 1.48. The molecule has 2 fully saturated rings. The van der Waals surface area contributed by atoms with Gasteiger partial charge in [0.2, 0.25) is 0 Å². The van der Waals surface area contributed by atoms with E-state index in [9.17, 15) is 0 Å². The number of fused-ring (bicyclic) bond motifs is 1. The Morgan fingerprint density at radius 2 is 2.12 bits per heavy atom. The third-order valence-electron chi connectivity index (χ3n) is 5.63. The summed E-state index contributed by atoms with van der Waals surface area (Å²) in [6, 6.07) is 10.9. The summed E-state index contributed by atoms with van der Waals surface area (Å²) in [6.45, 7) is 7.08. The van der Waals surface area contributed by atoms with Crippen molar-refractivity contribution in [3.8, 4) is 0 Å². The number of aromatic nitrogens is 1. The van der Waals surface area contributed by atoms with Crippen molar-refractivity contribution in [3.63, 3.8) is 0 Å². The molecular weight excluding hydrogens is 314 g/mol. The molecule has 2 aliphatic rings. The van der Waals surface area contributed by atoms with E-state index in [0.29, 0.717) is 18.1 Å². The van der Waals surface area contributed by atoms with Crippen LogP contribution < -0.4 is 0 Å². The van der Waals surface area contributed by atoms with Crippen LogP contribution in [0.5, 0.6) is 0 Å². The van der Waals surface area contributed by atoms with E-state index < -0.39 is 0 Å². The maximum Gasteiger partial charge on any atom is 0.117 e. The summed E-state index contributed by atoms with van der Waals surface area (Å²) < 4.78 is 11.4. The van der Waals surface area contributed by atoms with Crippen molar-refractivity contribution < 1.29 is 9.15 Å². The van der Waals surface area contributed by atoms with Gasteiger partial charge in [-0.1, -0.05) is 6.07 Å². The van der Waals surface area contributed by atoms with Crippen molar-refractivity contribution in [1.82, 2.24) is 14.8 Å². The number of likely N-dealkylation sites (tertiary alicyclic amines) is 2. The van der Waals surface area contributed by atoms with E-state index >= 15 is 0 Å². The summed E-state index contributed by atoms with van der Waals surface area (Å²) in [4.78, 5) is 9.80. The minimum atomic E-state index is 0.355. The van der Waals surface area contributed by atoms with Gasteiger partial charge in [-0.05, 0) is 37.6 Å². The molecule has 2 aromatic rings. The highest BCUT2D eigenvalue weighted by atomic mass is 16.5. The van der Waals surface area contributed by atoms with Gasteiger partial charge in [0.15, 0.2) is 0 Å². The van der Waals surface area contributed by atoms with Gasteiger partial charge in [0, 0.05) is 50.9 Å². The number of aryl methyl sites for hydroxylation is 1. The van der Waals surface area contributed by atoms with Crippen LogP contribution in [0.2, 0.25) is 0 Å². The molecule has 0 amide bonds. The van der Waals surface area contributed by atoms with Crippen molar-refractivity contribution in [3.05, 3.63) is 53.7 Å². The van der Waals surface area contributed by atoms with Crippen LogP contribution in [0.25, 0.3) is 0 Å². The molecule has 5 heteroatoms. The van der Waals surface area contributed by atoms with Crippen LogP contribution in [0.15, 0.2) is 41.0 Å². The summed E-state index contributed by atoms with van der Waals surface area (Å²) >= 11 is 0. The highest BCUT2D eigenvalue weighted by Crippen LogP contribution is 2.34. The van der Waals surface area contributed by atoms with Gasteiger partial charge in [0.1, 0.15) is 5.76 Å². The number of ether oxygens (including phenoxy) is 1. The monoisotopic (exact) mass is 341 g/mol. The molecule has 5 nitrogen and oxygen atoms in total. The highest BCUT2D eigenvalue weighted by Gasteiger charge is 2.44. The standard InChI is InChI=1S/C20H27N3O2/c1-15-5-3-6-16(21-15)11-23-9-8-20(24-2)18-13-22(14-19(18)23)12-17-7-4-10-25-17/h3-7,10,18-20H,8-9,11-14H2,1-2H3/t18-,19+,20+/m0/s1. The molecule has 25 heavy (non-hydrogen) atoms. The second-order valence-corrected chi connectivity index (χ2v) is 7.31. The zero-order valence-electron chi connectivity index (χ0n) is 15.1. The molecule has 134 valence electrons. The second-order valence-electron chi connectivity index (χ2n) is 7.31. The zero-order chi connectivity index (χ0) is 17.2. The fraction of sp³-hybridized carbons (Fsp3) is 0.550. The van der Waals surface area contributed by atoms with Gasteiger partial charge in [-0.3, -0.25) is 14.8 Å². The van der Waals surface area contributed by atoms with E-state index in [1.54, 1.807) is 6.26 Å². The first-order chi connectivity index (χ1) is 12.2. The summed E-state index contributed by atoms with van der Waals surface area (Å²) in [7, 11) is 1.86. The normalized spacial score (nSPS) is 27.5. The molecular formula is C20H27N3O2. The van der Waals surface area contributed by atoms with Crippen LogP contribution in [-0.2, 0) is 17.8 Å². The molecule has 0 unspecified atom stereocenters. The summed E-state index contributed by atoms with van der Waals surface area (Å²) in [6.07, 6.45) is 3.21. The van der Waals surface area contributed by atoms with E-state index in [4.69, 9.17) is 14.1 Å². The smallest absolute Gasteiger partial charge is 0.117 e. The van der Waals surface area contributed by atoms with E-state index in [1.165, 1.54) is 5.69 Å². The number of hydrogen-bond acceptors (Lipinski definition) is 5. The lowest BCUT2D eigenvalue weighted by Gasteiger charge is -2.41. The van der Waals surface area contributed by atoms with E-state index in [-0.39, 0.29) is 0 Å². The van der Waals surface area contributed by atoms with Crippen LogP contribution in [0.4, 0.5) is 0 Å². The number of piperidine rings is 1. The van der Waals surface area contributed by atoms with Gasteiger partial charge in [-0.15, -0.1) is 0 Å². The predicted octanol–water partition coefficient (Wildman–Crippen LogP) is 2.70. The molecule has 0 spiro atoms. The predicted molar refractivity (Wildman–Crippen MR) is 96.1 cm³/mol. The molecule has 4 heterocycles. The molecule has 0 bridgehead atoms. The topological polar surface area (TPSA) is 41.7 Å². The fourth-order valence-electron chi connectivity index (χ4n) is 4.46. The van der Waals surface area contributed by atoms with Crippen LogP contribution in [-0.4, -0.2) is 53.7 Å². The third-order valence-corrected chi connectivity index (χ3v) is 5.63. The molecule has 0 N–H and O–H groups in total. The fourth-order valence-corrected chi connectivity index (χ4v) is 4.46. The number of pyridine rings is 1. The van der Waals surface area contributed by atoms with Crippen molar-refractivity contribution in [1.29, 1.82) is 0 Å². The van der Waals surface area contributed by atoms with Gasteiger partial charge in [-0.25, -0.2) is 0 Å². The van der Waals surface area contributed by atoms with E-state index in [2.05, 4.69) is 41.0 Å². The number of rotatable bonds is 5. The number of nitrogens with zero attached hydrogens (tertiary/aromatic N) is 3. The van der Waals surface area contributed by atoms with Crippen molar-refractivity contribution >= 4 is 0 Å². The minimum Gasteiger partial charge on any atom is -0.468 e. The Bertz CT molecular complexity index is 688. The van der Waals surface area contributed by atoms with Crippen LogP contribution in [0, 0.1) is 12.8 Å². The molecule has 2 saturated heterocycles. The summed E-state index contributed by atoms with van der Waals surface area (Å²) in [5, 5.41) is 0. The van der Waals surface area contributed by atoms with Crippen LogP contribution in [0.3, 0.4) is 0 Å². The molecule has 4 rings (SSSR count). The maximum absolute atomic E-state index is 5.81. The van der Waals surface area contributed by atoms with Crippen molar-refractivity contribution in [2.45, 2.75) is 38.6 Å². The molecule has 0 aromatic carbocycles. The minimum absolute atomic E-state index is 0.355. The third kappa shape index (κ3) is 3.64. The quantitative estimate of drug-likeness (QED) is 0.836. The first-order valence-corrected chi connectivity index (χ1v) is 9.17. The molecule has 0 radical (unpaired) electrons. The Morgan fingerprint density at radius 1 is 1.20 bits per heavy atom. The summed E-state index contributed by atoms with van der Waals surface area (Å²) in [5.41, 5.74) is 2.26. The lowest BCUT2D eigenvalue weighted by atomic mass is 9.89. The van der Waals surface area contributed by atoms with Crippen LogP contribution >= 0.6 is 0 Å². The van der Waals surface area contributed by atoms with E-state index in [1.807, 2.05) is 13.2 Å². The Morgan fingerprint density at radius 3 is 2.88 bits per heavy atom. The Kier molecular flexibility index (Phi) is 4.88. The first kappa shape index (κ1) is 16.8. The lowest BCUT2D eigenvalue weighted by Crippen LogP contribution is -2.50. The van der Waals surface area contributed by atoms with Gasteiger partial charge in [0.25, 0.3) is 0 Å². The second kappa shape index (κ2) is 7.28. The van der Waals surface area contributed by atoms with Crippen molar-refractivity contribution in [2.24, 2.45) is 5.92 Å².